The van der Waals surface area contributed by atoms with Crippen molar-refractivity contribution in [2.24, 2.45) is 5.41 Å². The molecule has 0 N–H and O–H groups in total. The maximum absolute atomic E-state index is 12.3. The SMILES string of the molecule is Cc1ccc(C)c(OCCCC(C)(C)CC(=O)C(F)F)c1. The Balaban J connectivity index is 2.39. The highest BCUT2D eigenvalue weighted by Gasteiger charge is 2.26. The van der Waals surface area contributed by atoms with Gasteiger partial charge in [0.25, 0.3) is 6.43 Å². The zero-order valence-electron chi connectivity index (χ0n) is 13.2. The first-order valence-electron chi connectivity index (χ1n) is 7.22. The van der Waals surface area contributed by atoms with Gasteiger partial charge < -0.3 is 4.74 Å². The number of benzene rings is 1. The predicted molar refractivity (Wildman–Crippen MR) is 80.1 cm³/mol. The summed E-state index contributed by atoms with van der Waals surface area (Å²) in [5.74, 6) is -0.119. The smallest absolute Gasteiger partial charge is 0.296 e. The van der Waals surface area contributed by atoms with Crippen molar-refractivity contribution in [3.8, 4) is 5.75 Å². The molecule has 0 unspecified atom stereocenters. The van der Waals surface area contributed by atoms with Crippen LogP contribution in [0.15, 0.2) is 18.2 Å². The average Bonchev–Trinajstić information content (AvgIpc) is 2.38. The number of Topliss-reactive ketones (excluding diaryl/α,β-unsaturated/α-hetero) is 1. The molecule has 0 aliphatic rings. The van der Waals surface area contributed by atoms with Crippen LogP contribution in [-0.2, 0) is 4.79 Å². The maximum Gasteiger partial charge on any atom is 0.296 e. The number of hydrogen-bond donors (Lipinski definition) is 0. The molecule has 0 spiro atoms. The van der Waals surface area contributed by atoms with Crippen LogP contribution in [0.1, 0.15) is 44.2 Å². The number of aryl methyl sites for hydroxylation is 2. The van der Waals surface area contributed by atoms with Gasteiger partial charge in [-0.2, -0.15) is 0 Å². The fourth-order valence-electron chi connectivity index (χ4n) is 2.23. The van der Waals surface area contributed by atoms with Crippen molar-refractivity contribution in [1.29, 1.82) is 0 Å². The molecule has 118 valence electrons. The van der Waals surface area contributed by atoms with Gasteiger partial charge in [0, 0.05) is 6.42 Å². The van der Waals surface area contributed by atoms with E-state index in [4.69, 9.17) is 4.74 Å². The molecule has 0 aromatic heterocycles. The molecule has 1 rings (SSSR count). The number of ketones is 1. The van der Waals surface area contributed by atoms with Gasteiger partial charge in [0.2, 0.25) is 0 Å². The second-order valence-electron chi connectivity index (χ2n) is 6.33. The van der Waals surface area contributed by atoms with Crippen LogP contribution in [0.3, 0.4) is 0 Å². The van der Waals surface area contributed by atoms with Crippen LogP contribution >= 0.6 is 0 Å². The van der Waals surface area contributed by atoms with Crippen molar-refractivity contribution in [3.05, 3.63) is 29.3 Å². The van der Waals surface area contributed by atoms with E-state index in [1.54, 1.807) is 0 Å². The summed E-state index contributed by atoms with van der Waals surface area (Å²) in [7, 11) is 0. The molecule has 0 aliphatic heterocycles. The fourth-order valence-corrected chi connectivity index (χ4v) is 2.23. The lowest BCUT2D eigenvalue weighted by atomic mass is 9.83. The molecule has 0 atom stereocenters. The van der Waals surface area contributed by atoms with E-state index in [2.05, 4.69) is 0 Å². The van der Waals surface area contributed by atoms with Gasteiger partial charge in [-0.25, -0.2) is 8.78 Å². The third kappa shape index (κ3) is 6.23. The Labute approximate surface area is 125 Å². The second kappa shape index (κ2) is 7.53. The molecule has 0 saturated carbocycles. The summed E-state index contributed by atoms with van der Waals surface area (Å²) in [6.45, 7) is 8.19. The monoisotopic (exact) mass is 298 g/mol. The van der Waals surface area contributed by atoms with Crippen LogP contribution in [0.2, 0.25) is 0 Å². The summed E-state index contributed by atoms with van der Waals surface area (Å²) in [5.41, 5.74) is 1.80. The number of rotatable bonds is 8. The Hall–Kier alpha value is -1.45. The molecule has 0 radical (unpaired) electrons. The van der Waals surface area contributed by atoms with E-state index < -0.39 is 17.6 Å². The number of carbonyl (C=O) groups excluding carboxylic acids is 1. The molecule has 0 fully saturated rings. The van der Waals surface area contributed by atoms with E-state index in [0.717, 1.165) is 23.3 Å². The lowest BCUT2D eigenvalue weighted by Gasteiger charge is -2.23. The number of carbonyl (C=O) groups is 1. The highest BCUT2D eigenvalue weighted by atomic mass is 19.3. The van der Waals surface area contributed by atoms with Gasteiger partial charge in [0.05, 0.1) is 6.61 Å². The molecule has 1 aromatic carbocycles. The number of halogens is 2. The topological polar surface area (TPSA) is 26.3 Å². The molecule has 0 bridgehead atoms. The highest BCUT2D eigenvalue weighted by Crippen LogP contribution is 2.28. The van der Waals surface area contributed by atoms with E-state index in [9.17, 15) is 13.6 Å². The number of alkyl halides is 2. The predicted octanol–water partition coefficient (Wildman–Crippen LogP) is 4.71. The molecule has 0 aliphatic carbocycles. The average molecular weight is 298 g/mol. The summed E-state index contributed by atoms with van der Waals surface area (Å²) >= 11 is 0. The standard InChI is InChI=1S/C17H24F2O2/c1-12-6-7-13(2)15(10-12)21-9-5-8-17(3,4)11-14(20)16(18)19/h6-7,10,16H,5,8-9,11H2,1-4H3. The molecule has 1 aromatic rings. The normalized spacial score (nSPS) is 11.8. The first kappa shape index (κ1) is 17.6. The van der Waals surface area contributed by atoms with Gasteiger partial charge in [-0.3, -0.25) is 4.79 Å². The van der Waals surface area contributed by atoms with Gasteiger partial charge >= 0.3 is 0 Å². The summed E-state index contributed by atoms with van der Waals surface area (Å²) in [5, 5.41) is 0. The fraction of sp³-hybridized carbons (Fsp3) is 0.588. The zero-order chi connectivity index (χ0) is 16.0. The van der Waals surface area contributed by atoms with Gasteiger partial charge in [0.1, 0.15) is 5.75 Å². The van der Waals surface area contributed by atoms with Crippen molar-refractivity contribution in [3.63, 3.8) is 0 Å². The van der Waals surface area contributed by atoms with Crippen LogP contribution < -0.4 is 4.74 Å². The molecule has 2 nitrogen and oxygen atoms in total. The Morgan fingerprint density at radius 1 is 1.29 bits per heavy atom. The van der Waals surface area contributed by atoms with E-state index in [1.807, 2.05) is 45.9 Å². The Kier molecular flexibility index (Phi) is 6.31. The Morgan fingerprint density at radius 2 is 1.95 bits per heavy atom. The van der Waals surface area contributed by atoms with Crippen molar-refractivity contribution in [2.75, 3.05) is 6.61 Å². The molecule has 0 amide bonds. The summed E-state index contributed by atoms with van der Waals surface area (Å²) in [4.78, 5) is 11.1. The quantitative estimate of drug-likeness (QED) is 0.649. The van der Waals surface area contributed by atoms with Crippen LogP contribution in [0.4, 0.5) is 8.78 Å². The van der Waals surface area contributed by atoms with Crippen LogP contribution in [0.5, 0.6) is 5.75 Å². The highest BCUT2D eigenvalue weighted by molar-refractivity contribution is 5.82. The first-order chi connectivity index (χ1) is 9.71. The third-order valence-electron chi connectivity index (χ3n) is 3.50. The number of ether oxygens (including phenoxy) is 1. The van der Waals surface area contributed by atoms with Crippen LogP contribution in [0.25, 0.3) is 0 Å². The van der Waals surface area contributed by atoms with E-state index in [-0.39, 0.29) is 6.42 Å². The zero-order valence-corrected chi connectivity index (χ0v) is 13.2. The molecule has 0 heterocycles. The van der Waals surface area contributed by atoms with E-state index in [0.29, 0.717) is 13.0 Å². The van der Waals surface area contributed by atoms with Crippen LogP contribution in [-0.4, -0.2) is 18.8 Å². The first-order valence-corrected chi connectivity index (χ1v) is 7.22. The largest absolute Gasteiger partial charge is 0.493 e. The van der Waals surface area contributed by atoms with Gasteiger partial charge in [-0.05, 0) is 49.3 Å². The maximum atomic E-state index is 12.3. The van der Waals surface area contributed by atoms with Gasteiger partial charge in [0.15, 0.2) is 5.78 Å². The molecule has 0 saturated heterocycles. The van der Waals surface area contributed by atoms with Crippen molar-refractivity contribution < 1.29 is 18.3 Å². The van der Waals surface area contributed by atoms with Crippen LogP contribution in [0, 0.1) is 19.3 Å². The summed E-state index contributed by atoms with van der Waals surface area (Å²) in [6, 6.07) is 6.03. The lowest BCUT2D eigenvalue weighted by Crippen LogP contribution is -2.22. The minimum atomic E-state index is -2.87. The van der Waals surface area contributed by atoms with Crippen molar-refractivity contribution >= 4 is 5.78 Å². The Bertz CT molecular complexity index is 482. The molecule has 21 heavy (non-hydrogen) atoms. The summed E-state index contributed by atoms with van der Waals surface area (Å²) in [6.07, 6.45) is -1.54. The summed E-state index contributed by atoms with van der Waals surface area (Å²) < 4.78 is 30.3. The molecular weight excluding hydrogens is 274 g/mol. The molecule has 4 heteroatoms. The van der Waals surface area contributed by atoms with Crippen molar-refractivity contribution in [2.45, 2.75) is 53.4 Å². The molecular formula is C17H24F2O2. The van der Waals surface area contributed by atoms with Crippen molar-refractivity contribution in [1.82, 2.24) is 0 Å². The van der Waals surface area contributed by atoms with Gasteiger partial charge in [-0.1, -0.05) is 26.0 Å². The second-order valence-corrected chi connectivity index (χ2v) is 6.33. The Morgan fingerprint density at radius 3 is 2.57 bits per heavy atom. The lowest BCUT2D eigenvalue weighted by molar-refractivity contribution is -0.131. The minimum Gasteiger partial charge on any atom is -0.493 e. The van der Waals surface area contributed by atoms with Gasteiger partial charge in [-0.15, -0.1) is 0 Å². The number of hydrogen-bond acceptors (Lipinski definition) is 2. The minimum absolute atomic E-state index is 0.0891. The van der Waals surface area contributed by atoms with E-state index in [1.165, 1.54) is 0 Å². The third-order valence-corrected chi connectivity index (χ3v) is 3.50. The van der Waals surface area contributed by atoms with E-state index >= 15 is 0 Å².